The average molecular weight is 380 g/mol. The number of anilines is 1. The molecule has 2 N–H and O–H groups in total. The van der Waals surface area contributed by atoms with Crippen molar-refractivity contribution in [3.05, 3.63) is 29.3 Å². The van der Waals surface area contributed by atoms with Crippen LogP contribution in [0.2, 0.25) is 5.02 Å². The molecule has 138 valence electrons. The quantitative estimate of drug-likeness (QED) is 0.576. The van der Waals surface area contributed by atoms with Crippen LogP contribution >= 0.6 is 11.6 Å². The standard InChI is InChI=1S/C17H18ClN3O5/c1-17(10-2-3-10)15(24)21(16(25)20-17)8-14(23)26-9-13(22)19-12-6-4-11(18)5-7-12/h4-7,10H,2-3,8-9H2,1H3,(H,19,22)(H,20,25). The minimum Gasteiger partial charge on any atom is -0.454 e. The van der Waals surface area contributed by atoms with Crippen LogP contribution in [0.15, 0.2) is 24.3 Å². The molecule has 26 heavy (non-hydrogen) atoms. The number of nitrogens with zero attached hydrogens (tertiary/aromatic N) is 1. The number of hydrogen-bond acceptors (Lipinski definition) is 5. The van der Waals surface area contributed by atoms with Gasteiger partial charge in [0.25, 0.3) is 11.8 Å². The van der Waals surface area contributed by atoms with E-state index >= 15 is 0 Å². The van der Waals surface area contributed by atoms with Gasteiger partial charge in [0.2, 0.25) is 0 Å². The molecule has 1 saturated carbocycles. The van der Waals surface area contributed by atoms with Crippen molar-refractivity contribution < 1.29 is 23.9 Å². The van der Waals surface area contributed by atoms with Crippen molar-refractivity contribution in [2.24, 2.45) is 5.92 Å². The number of halogens is 1. The Morgan fingerprint density at radius 2 is 1.96 bits per heavy atom. The van der Waals surface area contributed by atoms with Crippen LogP contribution in [0.4, 0.5) is 10.5 Å². The van der Waals surface area contributed by atoms with Crippen molar-refractivity contribution in [1.29, 1.82) is 0 Å². The highest BCUT2D eigenvalue weighted by Crippen LogP contribution is 2.42. The summed E-state index contributed by atoms with van der Waals surface area (Å²) >= 11 is 5.75. The number of carbonyl (C=O) groups is 4. The maximum absolute atomic E-state index is 12.4. The first-order valence-electron chi connectivity index (χ1n) is 8.15. The molecule has 8 nitrogen and oxygen atoms in total. The molecule has 1 aromatic rings. The van der Waals surface area contributed by atoms with Crippen LogP contribution in [0.1, 0.15) is 19.8 Å². The smallest absolute Gasteiger partial charge is 0.326 e. The van der Waals surface area contributed by atoms with Gasteiger partial charge in [0, 0.05) is 10.7 Å². The summed E-state index contributed by atoms with van der Waals surface area (Å²) in [5.74, 6) is -1.71. The van der Waals surface area contributed by atoms with Gasteiger partial charge < -0.3 is 15.4 Å². The molecule has 9 heteroatoms. The van der Waals surface area contributed by atoms with Gasteiger partial charge in [-0.2, -0.15) is 0 Å². The third-order valence-corrected chi connectivity index (χ3v) is 4.73. The number of rotatable bonds is 6. The second-order valence-electron chi connectivity index (χ2n) is 6.51. The Bertz CT molecular complexity index is 762. The van der Waals surface area contributed by atoms with E-state index in [4.69, 9.17) is 16.3 Å². The molecule has 0 bridgehead atoms. The van der Waals surface area contributed by atoms with Crippen LogP contribution < -0.4 is 10.6 Å². The average Bonchev–Trinajstić information content (AvgIpc) is 3.41. The Morgan fingerprint density at radius 3 is 2.58 bits per heavy atom. The van der Waals surface area contributed by atoms with Crippen LogP contribution in [0.5, 0.6) is 0 Å². The number of hydrogen-bond donors (Lipinski definition) is 2. The molecule has 1 aliphatic carbocycles. The van der Waals surface area contributed by atoms with Crippen molar-refractivity contribution in [1.82, 2.24) is 10.2 Å². The summed E-state index contributed by atoms with van der Waals surface area (Å²) < 4.78 is 4.85. The van der Waals surface area contributed by atoms with Gasteiger partial charge in [-0.05, 0) is 49.9 Å². The molecule has 0 spiro atoms. The van der Waals surface area contributed by atoms with Crippen LogP contribution in [0.25, 0.3) is 0 Å². The molecule has 1 atom stereocenters. The van der Waals surface area contributed by atoms with E-state index in [1.165, 1.54) is 0 Å². The Balaban J connectivity index is 1.48. The topological polar surface area (TPSA) is 105 Å². The highest BCUT2D eigenvalue weighted by molar-refractivity contribution is 6.30. The lowest BCUT2D eigenvalue weighted by Crippen LogP contribution is -2.46. The summed E-state index contributed by atoms with van der Waals surface area (Å²) in [5, 5.41) is 5.71. The summed E-state index contributed by atoms with van der Waals surface area (Å²) in [6.07, 6.45) is 1.73. The zero-order valence-electron chi connectivity index (χ0n) is 14.1. The van der Waals surface area contributed by atoms with E-state index in [-0.39, 0.29) is 5.92 Å². The first-order chi connectivity index (χ1) is 12.3. The highest BCUT2D eigenvalue weighted by atomic mass is 35.5. The lowest BCUT2D eigenvalue weighted by Gasteiger charge is -2.20. The van der Waals surface area contributed by atoms with E-state index < -0.39 is 42.5 Å². The third kappa shape index (κ3) is 3.80. The van der Waals surface area contributed by atoms with E-state index in [1.54, 1.807) is 31.2 Å². The predicted octanol–water partition coefficient (Wildman–Crippen LogP) is 1.54. The Labute approximate surface area is 154 Å². The molecule has 3 rings (SSSR count). The van der Waals surface area contributed by atoms with Gasteiger partial charge in [0.15, 0.2) is 6.61 Å². The largest absolute Gasteiger partial charge is 0.454 e. The van der Waals surface area contributed by atoms with Gasteiger partial charge in [-0.15, -0.1) is 0 Å². The number of carbonyl (C=O) groups excluding carboxylic acids is 4. The van der Waals surface area contributed by atoms with E-state index in [0.29, 0.717) is 10.7 Å². The number of benzene rings is 1. The monoisotopic (exact) mass is 379 g/mol. The second-order valence-corrected chi connectivity index (χ2v) is 6.95. The Kier molecular flexibility index (Phi) is 4.86. The summed E-state index contributed by atoms with van der Waals surface area (Å²) in [6, 6.07) is 5.81. The van der Waals surface area contributed by atoms with Crippen molar-refractivity contribution in [2.45, 2.75) is 25.3 Å². The summed E-state index contributed by atoms with van der Waals surface area (Å²) in [7, 11) is 0. The van der Waals surface area contributed by atoms with Gasteiger partial charge in [-0.1, -0.05) is 11.6 Å². The third-order valence-electron chi connectivity index (χ3n) is 4.47. The van der Waals surface area contributed by atoms with Crippen LogP contribution in [0, 0.1) is 5.92 Å². The molecule has 2 aliphatic rings. The van der Waals surface area contributed by atoms with Gasteiger partial charge >= 0.3 is 12.0 Å². The fourth-order valence-corrected chi connectivity index (χ4v) is 2.97. The molecular weight excluding hydrogens is 362 g/mol. The lowest BCUT2D eigenvalue weighted by molar-refractivity contribution is -0.150. The SMILES string of the molecule is CC1(C2CC2)NC(=O)N(CC(=O)OCC(=O)Nc2ccc(Cl)cc2)C1=O. The van der Waals surface area contributed by atoms with Crippen molar-refractivity contribution in [3.63, 3.8) is 0 Å². The lowest BCUT2D eigenvalue weighted by atomic mass is 9.96. The summed E-state index contributed by atoms with van der Waals surface area (Å²) in [5.41, 5.74) is -0.451. The van der Waals surface area contributed by atoms with E-state index in [2.05, 4.69) is 10.6 Å². The fraction of sp³-hybridized carbons (Fsp3) is 0.412. The highest BCUT2D eigenvalue weighted by Gasteiger charge is 2.56. The van der Waals surface area contributed by atoms with Crippen LogP contribution in [-0.4, -0.2) is 47.4 Å². The molecule has 1 aromatic carbocycles. The summed E-state index contributed by atoms with van der Waals surface area (Å²) in [4.78, 5) is 48.9. The number of ether oxygens (including phenoxy) is 1. The summed E-state index contributed by atoms with van der Waals surface area (Å²) in [6.45, 7) is 0.613. The molecule has 1 saturated heterocycles. The van der Waals surface area contributed by atoms with Gasteiger partial charge in [-0.25, -0.2) is 4.79 Å². The minimum atomic E-state index is -0.955. The molecule has 4 amide bonds. The second kappa shape index (κ2) is 6.95. The Morgan fingerprint density at radius 1 is 1.31 bits per heavy atom. The molecule has 1 heterocycles. The number of imide groups is 1. The van der Waals surface area contributed by atoms with Gasteiger partial charge in [0.05, 0.1) is 0 Å². The molecule has 0 aromatic heterocycles. The first-order valence-corrected chi connectivity index (χ1v) is 8.52. The minimum absolute atomic E-state index is 0.102. The zero-order valence-corrected chi connectivity index (χ0v) is 14.8. The first kappa shape index (κ1) is 18.2. The predicted molar refractivity (Wildman–Crippen MR) is 92.4 cm³/mol. The van der Waals surface area contributed by atoms with E-state index in [1.807, 2.05) is 0 Å². The van der Waals surface area contributed by atoms with Crippen molar-refractivity contribution in [2.75, 3.05) is 18.5 Å². The molecular formula is C17H18ClN3O5. The molecule has 1 aliphatic heterocycles. The number of esters is 1. The number of amides is 4. The zero-order chi connectivity index (χ0) is 18.9. The maximum atomic E-state index is 12.4. The number of urea groups is 1. The van der Waals surface area contributed by atoms with E-state index in [9.17, 15) is 19.2 Å². The molecule has 1 unspecified atom stereocenters. The molecule has 2 fully saturated rings. The van der Waals surface area contributed by atoms with Crippen LogP contribution in [0.3, 0.4) is 0 Å². The normalized spacial score (nSPS) is 22.2. The maximum Gasteiger partial charge on any atom is 0.326 e. The van der Waals surface area contributed by atoms with Gasteiger partial charge in [-0.3, -0.25) is 19.3 Å². The van der Waals surface area contributed by atoms with Gasteiger partial charge in [0.1, 0.15) is 12.1 Å². The number of nitrogens with one attached hydrogen (secondary N) is 2. The van der Waals surface area contributed by atoms with Crippen molar-refractivity contribution in [3.8, 4) is 0 Å². The van der Waals surface area contributed by atoms with Crippen LogP contribution in [-0.2, 0) is 19.1 Å². The van der Waals surface area contributed by atoms with E-state index in [0.717, 1.165) is 17.7 Å². The fourth-order valence-electron chi connectivity index (χ4n) is 2.85. The molecule has 0 radical (unpaired) electrons. The van der Waals surface area contributed by atoms with Crippen molar-refractivity contribution >= 4 is 41.1 Å². The Hall–Kier alpha value is -2.61.